The van der Waals surface area contributed by atoms with E-state index in [0.717, 1.165) is 27.9 Å². The summed E-state index contributed by atoms with van der Waals surface area (Å²) in [5.74, 6) is 1.47. The lowest BCUT2D eigenvalue weighted by Gasteiger charge is -2.45. The van der Waals surface area contributed by atoms with E-state index in [1.165, 1.54) is 5.56 Å². The van der Waals surface area contributed by atoms with Crippen LogP contribution in [0.5, 0.6) is 11.5 Å². The molecule has 0 saturated carbocycles. The Morgan fingerprint density at radius 2 is 1.90 bits per heavy atom. The van der Waals surface area contributed by atoms with Crippen molar-refractivity contribution in [3.8, 4) is 11.5 Å². The van der Waals surface area contributed by atoms with Crippen molar-refractivity contribution < 1.29 is 14.6 Å². The van der Waals surface area contributed by atoms with Gasteiger partial charge in [-0.25, -0.2) is 0 Å². The van der Waals surface area contributed by atoms with Crippen LogP contribution in [-0.4, -0.2) is 37.3 Å². The second-order valence-corrected chi connectivity index (χ2v) is 8.13. The Labute approximate surface area is 170 Å². The monoisotopic (exact) mass is 388 g/mol. The van der Waals surface area contributed by atoms with Crippen LogP contribution in [0.25, 0.3) is 10.8 Å². The molecule has 0 aliphatic carbocycles. The van der Waals surface area contributed by atoms with Crippen LogP contribution in [0.3, 0.4) is 0 Å². The van der Waals surface area contributed by atoms with E-state index in [-0.39, 0.29) is 18.6 Å². The second kappa shape index (κ2) is 6.22. The molecule has 0 saturated heterocycles. The number of likely N-dealkylation sites (N-methyl/N-ethyl adjacent to an activating group) is 1. The number of ether oxygens (including phenoxy) is 2. The summed E-state index contributed by atoms with van der Waals surface area (Å²) in [6.45, 7) is 4.65. The molecule has 1 spiro atoms. The van der Waals surface area contributed by atoms with Crippen LogP contribution >= 0.6 is 0 Å². The molecule has 2 aliphatic heterocycles. The van der Waals surface area contributed by atoms with Gasteiger partial charge in [0.25, 0.3) is 0 Å². The third kappa shape index (κ3) is 2.40. The van der Waals surface area contributed by atoms with Crippen molar-refractivity contribution in [1.29, 1.82) is 0 Å². The predicted octanol–water partition coefficient (Wildman–Crippen LogP) is 4.43. The Balaban J connectivity index is 1.62. The molecule has 0 bridgehead atoms. The number of para-hydroxylation sites is 1. The standard InChI is InChI=1S/C24H24N2O3/c1-23(2)19-6-4-5-7-20(19)26(3)24(23)15-25-22-18-14-17(28-13-12-27)10-8-16(18)9-11-21(22)29-24/h4-11,14-15,27H,12-13H2,1-3H3. The minimum atomic E-state index is -0.692. The highest BCUT2D eigenvalue weighted by atomic mass is 16.5. The summed E-state index contributed by atoms with van der Waals surface area (Å²) >= 11 is 0. The minimum Gasteiger partial charge on any atom is -0.491 e. The van der Waals surface area contributed by atoms with Gasteiger partial charge < -0.3 is 19.5 Å². The van der Waals surface area contributed by atoms with Crippen LogP contribution in [0.2, 0.25) is 0 Å². The van der Waals surface area contributed by atoms with Gasteiger partial charge >= 0.3 is 0 Å². The number of benzene rings is 3. The van der Waals surface area contributed by atoms with Crippen molar-refractivity contribution in [2.75, 3.05) is 25.2 Å². The van der Waals surface area contributed by atoms with Gasteiger partial charge in [0.15, 0.2) is 0 Å². The maximum atomic E-state index is 9.03. The smallest absolute Gasteiger partial charge is 0.228 e. The molecular formula is C24H24N2O3. The molecule has 29 heavy (non-hydrogen) atoms. The van der Waals surface area contributed by atoms with Gasteiger partial charge in [0, 0.05) is 18.1 Å². The summed E-state index contributed by atoms with van der Waals surface area (Å²) in [6.07, 6.45) is 1.94. The summed E-state index contributed by atoms with van der Waals surface area (Å²) < 4.78 is 12.3. The molecule has 3 aromatic carbocycles. The van der Waals surface area contributed by atoms with Gasteiger partial charge in [-0.15, -0.1) is 0 Å². The molecule has 5 nitrogen and oxygen atoms in total. The van der Waals surface area contributed by atoms with Crippen molar-refractivity contribution >= 4 is 28.4 Å². The predicted molar refractivity (Wildman–Crippen MR) is 116 cm³/mol. The molecule has 0 radical (unpaired) electrons. The fraction of sp³-hybridized carbons (Fsp3) is 0.292. The van der Waals surface area contributed by atoms with Crippen LogP contribution in [0.15, 0.2) is 59.6 Å². The molecule has 5 heteroatoms. The molecule has 1 N–H and O–H groups in total. The Hall–Kier alpha value is -3.05. The van der Waals surface area contributed by atoms with E-state index in [1.54, 1.807) is 0 Å². The number of anilines is 1. The van der Waals surface area contributed by atoms with Crippen LogP contribution in [-0.2, 0) is 5.41 Å². The lowest BCUT2D eigenvalue weighted by atomic mass is 9.77. The third-order valence-corrected chi connectivity index (χ3v) is 6.25. The van der Waals surface area contributed by atoms with Crippen molar-refractivity contribution in [3.05, 3.63) is 60.2 Å². The first kappa shape index (κ1) is 18.0. The quantitative estimate of drug-likeness (QED) is 0.721. The van der Waals surface area contributed by atoms with Crippen molar-refractivity contribution in [2.24, 2.45) is 4.99 Å². The van der Waals surface area contributed by atoms with Crippen molar-refractivity contribution in [3.63, 3.8) is 0 Å². The molecule has 2 aliphatic rings. The minimum absolute atomic E-state index is 0.0172. The molecule has 3 aromatic rings. The largest absolute Gasteiger partial charge is 0.491 e. The van der Waals surface area contributed by atoms with Gasteiger partial charge in [0.1, 0.15) is 23.8 Å². The zero-order valence-electron chi connectivity index (χ0n) is 16.8. The van der Waals surface area contributed by atoms with E-state index in [1.807, 2.05) is 36.5 Å². The molecule has 148 valence electrons. The zero-order chi connectivity index (χ0) is 20.2. The van der Waals surface area contributed by atoms with E-state index in [0.29, 0.717) is 5.75 Å². The lowest BCUT2D eigenvalue weighted by molar-refractivity contribution is 0.0826. The average molecular weight is 388 g/mol. The highest BCUT2D eigenvalue weighted by Crippen LogP contribution is 2.54. The number of aliphatic hydroxyl groups excluding tert-OH is 1. The summed E-state index contributed by atoms with van der Waals surface area (Å²) in [7, 11) is 2.06. The molecule has 2 heterocycles. The zero-order valence-corrected chi connectivity index (χ0v) is 16.8. The molecular weight excluding hydrogens is 364 g/mol. The Morgan fingerprint density at radius 3 is 2.69 bits per heavy atom. The Bertz CT molecular complexity index is 1140. The lowest BCUT2D eigenvalue weighted by Crippen LogP contribution is -2.61. The number of hydrogen-bond donors (Lipinski definition) is 1. The maximum Gasteiger partial charge on any atom is 0.228 e. The van der Waals surface area contributed by atoms with Crippen molar-refractivity contribution in [2.45, 2.75) is 25.0 Å². The van der Waals surface area contributed by atoms with Gasteiger partial charge in [-0.05, 0) is 49.1 Å². The molecule has 0 fully saturated rings. The van der Waals surface area contributed by atoms with Crippen LogP contribution in [0, 0.1) is 0 Å². The van der Waals surface area contributed by atoms with E-state index >= 15 is 0 Å². The molecule has 1 unspecified atom stereocenters. The first-order chi connectivity index (χ1) is 14.0. The van der Waals surface area contributed by atoms with Crippen LogP contribution in [0.4, 0.5) is 11.4 Å². The number of fused-ring (bicyclic) bond motifs is 4. The first-order valence-electron chi connectivity index (χ1n) is 9.86. The van der Waals surface area contributed by atoms with Gasteiger partial charge in [0.2, 0.25) is 5.72 Å². The number of rotatable bonds is 3. The van der Waals surface area contributed by atoms with E-state index in [4.69, 9.17) is 19.6 Å². The summed E-state index contributed by atoms with van der Waals surface area (Å²) in [5, 5.41) is 11.1. The molecule has 0 amide bonds. The fourth-order valence-electron chi connectivity index (χ4n) is 4.61. The Morgan fingerprint density at radius 1 is 1.10 bits per heavy atom. The van der Waals surface area contributed by atoms with E-state index < -0.39 is 5.72 Å². The summed E-state index contributed by atoms with van der Waals surface area (Å²) in [4.78, 5) is 7.09. The third-order valence-electron chi connectivity index (χ3n) is 6.25. The summed E-state index contributed by atoms with van der Waals surface area (Å²) in [5.41, 5.74) is 2.25. The molecule has 1 atom stereocenters. The highest BCUT2D eigenvalue weighted by Gasteiger charge is 2.58. The maximum absolute atomic E-state index is 9.03. The normalized spacial score (nSPS) is 21.2. The van der Waals surface area contributed by atoms with Gasteiger partial charge in [0.05, 0.1) is 18.2 Å². The fourth-order valence-corrected chi connectivity index (χ4v) is 4.61. The number of aliphatic imine (C=N–C) groups is 1. The molecule has 0 aromatic heterocycles. The average Bonchev–Trinajstić information content (AvgIpc) is 2.90. The van der Waals surface area contributed by atoms with E-state index in [2.05, 4.69) is 50.1 Å². The van der Waals surface area contributed by atoms with Crippen LogP contribution in [0.1, 0.15) is 19.4 Å². The molecule has 5 rings (SSSR count). The number of nitrogens with zero attached hydrogens (tertiary/aromatic N) is 2. The van der Waals surface area contributed by atoms with E-state index in [9.17, 15) is 0 Å². The van der Waals surface area contributed by atoms with Gasteiger partial charge in [-0.2, -0.15) is 0 Å². The Kier molecular flexibility index (Phi) is 3.87. The number of hydrogen-bond acceptors (Lipinski definition) is 5. The van der Waals surface area contributed by atoms with Gasteiger partial charge in [-0.1, -0.05) is 30.3 Å². The SMILES string of the molecule is CN1c2ccccc2C(C)(C)C12C=Nc1c(ccc3ccc(OCCO)cc13)O2. The summed E-state index contributed by atoms with van der Waals surface area (Å²) in [6, 6.07) is 18.3. The highest BCUT2D eigenvalue weighted by molar-refractivity contribution is 6.00. The van der Waals surface area contributed by atoms with Crippen molar-refractivity contribution in [1.82, 2.24) is 0 Å². The topological polar surface area (TPSA) is 54.3 Å². The van der Waals surface area contributed by atoms with Crippen LogP contribution < -0.4 is 14.4 Å². The number of aliphatic hydroxyl groups is 1. The first-order valence-corrected chi connectivity index (χ1v) is 9.86. The van der Waals surface area contributed by atoms with Gasteiger partial charge in [-0.3, -0.25) is 4.99 Å². The second-order valence-electron chi connectivity index (χ2n) is 8.13.